The van der Waals surface area contributed by atoms with E-state index >= 15 is 0 Å². The second-order valence-electron chi connectivity index (χ2n) is 5.72. The first kappa shape index (κ1) is 17.0. The van der Waals surface area contributed by atoms with Crippen molar-refractivity contribution < 1.29 is 4.74 Å². The predicted octanol–water partition coefficient (Wildman–Crippen LogP) is 4.32. The average Bonchev–Trinajstić information content (AvgIpc) is 2.39. The van der Waals surface area contributed by atoms with Gasteiger partial charge in [0.15, 0.2) is 0 Å². The Labute approximate surface area is 130 Å². The fraction of sp³-hybridized carbons (Fsp3) is 0.562. The molecule has 0 heterocycles. The maximum absolute atomic E-state index is 8.96. The van der Waals surface area contributed by atoms with E-state index in [0.717, 1.165) is 40.6 Å². The number of nitriles is 1. The number of rotatable bonds is 7. The second kappa shape index (κ2) is 7.66. The second-order valence-corrected chi connectivity index (χ2v) is 6.63. The van der Waals surface area contributed by atoms with Crippen LogP contribution >= 0.6 is 15.9 Å². The molecule has 0 saturated carbocycles. The van der Waals surface area contributed by atoms with Crippen LogP contribution in [0.1, 0.15) is 44.2 Å². The Bertz CT molecular complexity index is 492. The van der Waals surface area contributed by atoms with E-state index in [4.69, 9.17) is 15.7 Å². The predicted molar refractivity (Wildman–Crippen MR) is 85.5 cm³/mol. The summed E-state index contributed by atoms with van der Waals surface area (Å²) in [5, 5.41) is 8.96. The van der Waals surface area contributed by atoms with Gasteiger partial charge in [0.2, 0.25) is 0 Å². The van der Waals surface area contributed by atoms with Crippen LogP contribution in [0, 0.1) is 23.7 Å². The van der Waals surface area contributed by atoms with Crippen molar-refractivity contribution in [1.82, 2.24) is 0 Å². The third-order valence-corrected chi connectivity index (χ3v) is 3.74. The van der Waals surface area contributed by atoms with Gasteiger partial charge in [-0.05, 0) is 57.7 Å². The number of unbranched alkanes of at least 4 members (excludes halogenated alkanes) is 1. The highest BCUT2D eigenvalue weighted by Crippen LogP contribution is 2.28. The van der Waals surface area contributed by atoms with E-state index in [1.54, 1.807) is 0 Å². The number of nitrogens with two attached hydrogens (primary N) is 1. The third kappa shape index (κ3) is 5.15. The van der Waals surface area contributed by atoms with Gasteiger partial charge in [-0.15, -0.1) is 0 Å². The summed E-state index contributed by atoms with van der Waals surface area (Å²) in [6, 6.07) is 6.36. The molecule has 110 valence electrons. The van der Waals surface area contributed by atoms with Gasteiger partial charge in [0, 0.05) is 16.6 Å². The van der Waals surface area contributed by atoms with E-state index < -0.39 is 0 Å². The normalized spacial score (nSPS) is 11.2. The Morgan fingerprint density at radius 2 is 2.05 bits per heavy atom. The molecule has 0 aliphatic heterocycles. The van der Waals surface area contributed by atoms with Crippen molar-refractivity contribution in [2.45, 2.75) is 46.6 Å². The zero-order chi connectivity index (χ0) is 15.2. The molecule has 1 aromatic rings. The van der Waals surface area contributed by atoms with Crippen LogP contribution in [0.25, 0.3) is 0 Å². The molecule has 0 aliphatic carbocycles. The van der Waals surface area contributed by atoms with Gasteiger partial charge in [-0.25, -0.2) is 0 Å². The summed E-state index contributed by atoms with van der Waals surface area (Å²) >= 11 is 3.47. The van der Waals surface area contributed by atoms with Crippen molar-refractivity contribution in [1.29, 1.82) is 5.26 Å². The van der Waals surface area contributed by atoms with Gasteiger partial charge in [-0.1, -0.05) is 15.9 Å². The molecule has 0 bridgehead atoms. The van der Waals surface area contributed by atoms with Crippen molar-refractivity contribution in [3.63, 3.8) is 0 Å². The molecule has 4 heteroatoms. The molecule has 0 aliphatic rings. The van der Waals surface area contributed by atoms with E-state index in [0.29, 0.717) is 13.2 Å². The van der Waals surface area contributed by atoms with E-state index in [-0.39, 0.29) is 5.41 Å². The van der Waals surface area contributed by atoms with Crippen molar-refractivity contribution in [2.75, 3.05) is 6.61 Å². The topological polar surface area (TPSA) is 59.0 Å². The summed E-state index contributed by atoms with van der Waals surface area (Å²) in [4.78, 5) is 0. The van der Waals surface area contributed by atoms with Crippen molar-refractivity contribution in [3.8, 4) is 11.8 Å². The van der Waals surface area contributed by atoms with E-state index in [1.165, 1.54) is 0 Å². The Kier molecular flexibility index (Phi) is 6.51. The standard InChI is InChI=1S/C16H23BrN2O/c1-12-8-14(17)9-13(10-18)15(12)20-7-5-4-6-16(2,3)11-19/h8-9H,4-7,10,18H2,1-3H3. The summed E-state index contributed by atoms with van der Waals surface area (Å²) in [6.07, 6.45) is 2.84. The molecule has 0 spiro atoms. The Hall–Kier alpha value is -1.05. The molecule has 3 nitrogen and oxygen atoms in total. The molecule has 0 fully saturated rings. The first-order valence-corrected chi connectivity index (χ1v) is 7.72. The van der Waals surface area contributed by atoms with Gasteiger partial charge in [0.25, 0.3) is 0 Å². The number of benzene rings is 1. The highest BCUT2D eigenvalue weighted by molar-refractivity contribution is 9.10. The molecule has 0 saturated heterocycles. The maximum atomic E-state index is 8.96. The minimum absolute atomic E-state index is 0.240. The number of hydrogen-bond donors (Lipinski definition) is 1. The number of nitrogens with zero attached hydrogens (tertiary/aromatic N) is 1. The Morgan fingerprint density at radius 1 is 1.35 bits per heavy atom. The van der Waals surface area contributed by atoms with Gasteiger partial charge < -0.3 is 10.5 Å². The Balaban J connectivity index is 2.49. The van der Waals surface area contributed by atoms with Crippen molar-refractivity contribution >= 4 is 15.9 Å². The summed E-state index contributed by atoms with van der Waals surface area (Å²) in [5.74, 6) is 0.898. The molecule has 2 N–H and O–H groups in total. The van der Waals surface area contributed by atoms with Gasteiger partial charge in [-0.3, -0.25) is 0 Å². The minimum atomic E-state index is -0.240. The third-order valence-electron chi connectivity index (χ3n) is 3.28. The highest BCUT2D eigenvalue weighted by atomic mass is 79.9. The molecule has 0 aromatic heterocycles. The number of ether oxygens (including phenoxy) is 1. The van der Waals surface area contributed by atoms with Gasteiger partial charge in [0.1, 0.15) is 5.75 Å². The molecular formula is C16H23BrN2O. The summed E-state index contributed by atoms with van der Waals surface area (Å²) in [5.41, 5.74) is 7.63. The SMILES string of the molecule is Cc1cc(Br)cc(CN)c1OCCCCC(C)(C)C#N. The molecule has 1 rings (SSSR count). The molecule has 1 aromatic carbocycles. The molecule has 0 radical (unpaired) electrons. The van der Waals surface area contributed by atoms with Crippen LogP contribution in [0.2, 0.25) is 0 Å². The van der Waals surface area contributed by atoms with Crippen LogP contribution in [0.15, 0.2) is 16.6 Å². The average molecular weight is 339 g/mol. The fourth-order valence-electron chi connectivity index (χ4n) is 2.06. The van der Waals surface area contributed by atoms with Crippen LogP contribution in [0.5, 0.6) is 5.75 Å². The van der Waals surface area contributed by atoms with Crippen LogP contribution in [-0.4, -0.2) is 6.61 Å². The minimum Gasteiger partial charge on any atom is -0.493 e. The molecular weight excluding hydrogens is 316 g/mol. The molecule has 0 atom stereocenters. The summed E-state index contributed by atoms with van der Waals surface area (Å²) in [6.45, 7) is 7.10. The lowest BCUT2D eigenvalue weighted by Crippen LogP contribution is -2.09. The van der Waals surface area contributed by atoms with Crippen molar-refractivity contribution in [3.05, 3.63) is 27.7 Å². The van der Waals surface area contributed by atoms with Crippen LogP contribution in [-0.2, 0) is 6.54 Å². The van der Waals surface area contributed by atoms with Crippen LogP contribution in [0.4, 0.5) is 0 Å². The smallest absolute Gasteiger partial charge is 0.126 e. The number of hydrogen-bond acceptors (Lipinski definition) is 3. The number of halogens is 1. The summed E-state index contributed by atoms with van der Waals surface area (Å²) < 4.78 is 6.90. The summed E-state index contributed by atoms with van der Waals surface area (Å²) in [7, 11) is 0. The monoisotopic (exact) mass is 338 g/mol. The van der Waals surface area contributed by atoms with Crippen LogP contribution < -0.4 is 10.5 Å². The van der Waals surface area contributed by atoms with E-state index in [1.807, 2.05) is 32.9 Å². The zero-order valence-corrected chi connectivity index (χ0v) is 14.1. The fourth-order valence-corrected chi connectivity index (χ4v) is 2.68. The largest absolute Gasteiger partial charge is 0.493 e. The zero-order valence-electron chi connectivity index (χ0n) is 12.5. The molecule has 20 heavy (non-hydrogen) atoms. The van der Waals surface area contributed by atoms with Gasteiger partial charge in [0.05, 0.1) is 18.1 Å². The van der Waals surface area contributed by atoms with Gasteiger partial charge in [-0.2, -0.15) is 5.26 Å². The quantitative estimate of drug-likeness (QED) is 0.753. The van der Waals surface area contributed by atoms with E-state index in [2.05, 4.69) is 22.0 Å². The molecule has 0 amide bonds. The number of aryl methyl sites for hydroxylation is 1. The first-order chi connectivity index (χ1) is 9.39. The van der Waals surface area contributed by atoms with Crippen LogP contribution in [0.3, 0.4) is 0 Å². The van der Waals surface area contributed by atoms with Crippen molar-refractivity contribution in [2.24, 2.45) is 11.1 Å². The lowest BCUT2D eigenvalue weighted by molar-refractivity contribution is 0.290. The highest BCUT2D eigenvalue weighted by Gasteiger charge is 2.15. The lowest BCUT2D eigenvalue weighted by Gasteiger charge is -2.16. The lowest BCUT2D eigenvalue weighted by atomic mass is 9.89. The first-order valence-electron chi connectivity index (χ1n) is 6.93. The maximum Gasteiger partial charge on any atom is 0.126 e. The van der Waals surface area contributed by atoms with E-state index in [9.17, 15) is 0 Å². The van der Waals surface area contributed by atoms with Gasteiger partial charge >= 0.3 is 0 Å². The Morgan fingerprint density at radius 3 is 2.65 bits per heavy atom. The molecule has 0 unspecified atom stereocenters.